The first-order valence-electron chi connectivity index (χ1n) is 5.85. The van der Waals surface area contributed by atoms with Gasteiger partial charge in [0.15, 0.2) is 11.6 Å². The number of amides is 1. The highest BCUT2D eigenvalue weighted by atomic mass is 19.2. The largest absolute Gasteiger partial charge is 0.398 e. The Morgan fingerprint density at radius 2 is 1.67 bits per heavy atom. The number of anilines is 1. The van der Waals surface area contributed by atoms with Crippen LogP contribution in [0.25, 0.3) is 0 Å². The van der Waals surface area contributed by atoms with E-state index in [4.69, 9.17) is 5.73 Å². The lowest BCUT2D eigenvalue weighted by Gasteiger charge is -2.09. The Morgan fingerprint density at radius 1 is 1.00 bits per heavy atom. The van der Waals surface area contributed by atoms with Gasteiger partial charge in [-0.25, -0.2) is 17.6 Å². The molecule has 0 saturated heterocycles. The Balaban J connectivity index is 2.13. The van der Waals surface area contributed by atoms with Crippen LogP contribution in [-0.2, 0) is 6.54 Å². The average Bonchev–Trinajstić information content (AvgIpc) is 2.41. The molecule has 2 aromatic rings. The van der Waals surface area contributed by atoms with Gasteiger partial charge in [0.05, 0.1) is 5.56 Å². The van der Waals surface area contributed by atoms with Gasteiger partial charge in [0.1, 0.15) is 11.6 Å². The second-order valence-electron chi connectivity index (χ2n) is 4.27. The lowest BCUT2D eigenvalue weighted by molar-refractivity contribution is 0.0951. The third-order valence-electron chi connectivity index (χ3n) is 2.79. The SMILES string of the molecule is Nc1cc(F)c(F)cc1C(=O)NCc1ccc(F)cc1F. The van der Waals surface area contributed by atoms with E-state index in [1.165, 1.54) is 6.07 Å². The molecular formula is C14H10F4N2O. The van der Waals surface area contributed by atoms with Crippen molar-refractivity contribution in [1.82, 2.24) is 5.32 Å². The first kappa shape index (κ1) is 14.8. The molecule has 0 spiro atoms. The maximum atomic E-state index is 13.4. The van der Waals surface area contributed by atoms with Crippen LogP contribution in [0.4, 0.5) is 23.2 Å². The molecule has 7 heteroatoms. The van der Waals surface area contributed by atoms with E-state index < -0.39 is 29.2 Å². The van der Waals surface area contributed by atoms with Crippen molar-refractivity contribution >= 4 is 11.6 Å². The van der Waals surface area contributed by atoms with Gasteiger partial charge < -0.3 is 11.1 Å². The molecule has 0 unspecified atom stereocenters. The second kappa shape index (κ2) is 5.82. The molecule has 2 aromatic carbocycles. The number of carbonyl (C=O) groups is 1. The van der Waals surface area contributed by atoms with Gasteiger partial charge in [0, 0.05) is 29.9 Å². The summed E-state index contributed by atoms with van der Waals surface area (Å²) in [6.45, 7) is -0.247. The Labute approximate surface area is 117 Å². The van der Waals surface area contributed by atoms with E-state index in [-0.39, 0.29) is 23.4 Å². The highest BCUT2D eigenvalue weighted by molar-refractivity contribution is 5.99. The van der Waals surface area contributed by atoms with Gasteiger partial charge in [0.25, 0.3) is 5.91 Å². The zero-order valence-corrected chi connectivity index (χ0v) is 10.6. The first-order valence-corrected chi connectivity index (χ1v) is 5.85. The van der Waals surface area contributed by atoms with Crippen LogP contribution in [0.5, 0.6) is 0 Å². The number of carbonyl (C=O) groups excluding carboxylic acids is 1. The minimum atomic E-state index is -1.22. The van der Waals surface area contributed by atoms with Crippen LogP contribution < -0.4 is 11.1 Å². The molecule has 0 aromatic heterocycles. The van der Waals surface area contributed by atoms with Crippen molar-refractivity contribution in [2.45, 2.75) is 6.54 Å². The first-order chi connectivity index (χ1) is 9.88. The van der Waals surface area contributed by atoms with Crippen LogP contribution in [0.1, 0.15) is 15.9 Å². The number of rotatable bonds is 3. The number of nitrogens with one attached hydrogen (secondary N) is 1. The van der Waals surface area contributed by atoms with Crippen LogP contribution in [0.15, 0.2) is 30.3 Å². The molecule has 3 N–H and O–H groups in total. The van der Waals surface area contributed by atoms with E-state index in [2.05, 4.69) is 5.32 Å². The summed E-state index contributed by atoms with van der Waals surface area (Å²) in [7, 11) is 0. The fraction of sp³-hybridized carbons (Fsp3) is 0.0714. The lowest BCUT2D eigenvalue weighted by atomic mass is 10.1. The number of benzene rings is 2. The van der Waals surface area contributed by atoms with Crippen molar-refractivity contribution in [3.63, 3.8) is 0 Å². The zero-order valence-electron chi connectivity index (χ0n) is 10.6. The molecule has 21 heavy (non-hydrogen) atoms. The lowest BCUT2D eigenvalue weighted by Crippen LogP contribution is -2.24. The summed E-state index contributed by atoms with van der Waals surface area (Å²) < 4.78 is 52.1. The Morgan fingerprint density at radius 3 is 2.33 bits per heavy atom. The van der Waals surface area contributed by atoms with Crippen molar-refractivity contribution in [2.75, 3.05) is 5.73 Å². The topological polar surface area (TPSA) is 55.1 Å². The predicted octanol–water partition coefficient (Wildman–Crippen LogP) is 2.76. The molecule has 3 nitrogen and oxygen atoms in total. The van der Waals surface area contributed by atoms with Crippen LogP contribution in [0, 0.1) is 23.3 Å². The molecular weight excluding hydrogens is 288 g/mol. The summed E-state index contributed by atoms with van der Waals surface area (Å²) in [5.41, 5.74) is 4.95. The number of hydrogen-bond donors (Lipinski definition) is 2. The second-order valence-corrected chi connectivity index (χ2v) is 4.27. The van der Waals surface area contributed by atoms with Gasteiger partial charge >= 0.3 is 0 Å². The van der Waals surface area contributed by atoms with E-state index >= 15 is 0 Å². The highest BCUT2D eigenvalue weighted by Crippen LogP contribution is 2.17. The summed E-state index contributed by atoms with van der Waals surface area (Å²) >= 11 is 0. The minimum absolute atomic E-state index is 0.0471. The number of nitrogens with two attached hydrogens (primary N) is 1. The van der Waals surface area contributed by atoms with Crippen molar-refractivity contribution in [3.05, 3.63) is 64.7 Å². The Bertz CT molecular complexity index is 704. The molecule has 110 valence electrons. The van der Waals surface area contributed by atoms with Crippen molar-refractivity contribution in [2.24, 2.45) is 0 Å². The van der Waals surface area contributed by atoms with Crippen LogP contribution in [0.2, 0.25) is 0 Å². The molecule has 1 amide bonds. The van der Waals surface area contributed by atoms with E-state index in [0.717, 1.165) is 6.07 Å². The molecule has 0 aliphatic heterocycles. The fourth-order valence-electron chi connectivity index (χ4n) is 1.69. The molecule has 0 radical (unpaired) electrons. The van der Waals surface area contributed by atoms with Crippen LogP contribution in [0.3, 0.4) is 0 Å². The molecule has 0 aliphatic rings. The summed E-state index contributed by atoms with van der Waals surface area (Å²) in [4.78, 5) is 11.8. The molecule has 0 fully saturated rings. The summed E-state index contributed by atoms with van der Waals surface area (Å²) in [5.74, 6) is -4.76. The normalized spacial score (nSPS) is 10.5. The van der Waals surface area contributed by atoms with E-state index in [0.29, 0.717) is 18.2 Å². The summed E-state index contributed by atoms with van der Waals surface area (Å²) in [6, 6.07) is 4.22. The molecule has 0 heterocycles. The van der Waals surface area contributed by atoms with Crippen molar-refractivity contribution in [3.8, 4) is 0 Å². The minimum Gasteiger partial charge on any atom is -0.398 e. The number of halogens is 4. The van der Waals surface area contributed by atoms with Crippen molar-refractivity contribution in [1.29, 1.82) is 0 Å². The molecule has 0 atom stereocenters. The smallest absolute Gasteiger partial charge is 0.253 e. The third-order valence-corrected chi connectivity index (χ3v) is 2.79. The average molecular weight is 298 g/mol. The maximum absolute atomic E-state index is 13.4. The molecule has 0 aliphatic carbocycles. The Hall–Kier alpha value is -2.57. The molecule has 0 saturated carbocycles. The molecule has 2 rings (SSSR count). The quantitative estimate of drug-likeness (QED) is 0.676. The van der Waals surface area contributed by atoms with Gasteiger partial charge in [-0.2, -0.15) is 0 Å². The van der Waals surface area contributed by atoms with Gasteiger partial charge in [0.2, 0.25) is 0 Å². The molecule has 0 bridgehead atoms. The maximum Gasteiger partial charge on any atom is 0.253 e. The fourth-order valence-corrected chi connectivity index (χ4v) is 1.69. The zero-order chi connectivity index (χ0) is 15.6. The van der Waals surface area contributed by atoms with Crippen LogP contribution in [-0.4, -0.2) is 5.91 Å². The number of nitrogen functional groups attached to an aromatic ring is 1. The van der Waals surface area contributed by atoms with E-state index in [1.807, 2.05) is 0 Å². The standard InChI is InChI=1S/C14H10F4N2O/c15-8-2-1-7(10(16)3-8)6-20-14(21)9-4-11(17)12(18)5-13(9)19/h1-5H,6,19H2,(H,20,21). The highest BCUT2D eigenvalue weighted by Gasteiger charge is 2.14. The Kier molecular flexibility index (Phi) is 4.11. The van der Waals surface area contributed by atoms with E-state index in [1.54, 1.807) is 0 Å². The van der Waals surface area contributed by atoms with Gasteiger partial charge in [-0.05, 0) is 12.1 Å². The summed E-state index contributed by atoms with van der Waals surface area (Å²) in [6.07, 6.45) is 0. The van der Waals surface area contributed by atoms with Crippen LogP contribution >= 0.6 is 0 Å². The number of hydrogen-bond acceptors (Lipinski definition) is 2. The van der Waals surface area contributed by atoms with E-state index in [9.17, 15) is 22.4 Å². The van der Waals surface area contributed by atoms with Gasteiger partial charge in [-0.1, -0.05) is 6.07 Å². The third kappa shape index (κ3) is 3.31. The monoisotopic (exact) mass is 298 g/mol. The predicted molar refractivity (Wildman–Crippen MR) is 68.3 cm³/mol. The van der Waals surface area contributed by atoms with Crippen molar-refractivity contribution < 1.29 is 22.4 Å². The van der Waals surface area contributed by atoms with Gasteiger partial charge in [-0.3, -0.25) is 4.79 Å². The summed E-state index contributed by atoms with van der Waals surface area (Å²) in [5, 5.41) is 2.29. The van der Waals surface area contributed by atoms with Gasteiger partial charge in [-0.15, -0.1) is 0 Å².